The smallest absolute Gasteiger partial charge is 0.319 e. The number of phenolic OH excluding ortho intramolecular Hbond substituents is 1. The normalized spacial score (nSPS) is 23.2. The molecule has 3 aliphatic heterocycles. The van der Waals surface area contributed by atoms with Crippen molar-refractivity contribution in [3.8, 4) is 23.0 Å². The summed E-state index contributed by atoms with van der Waals surface area (Å²) in [5.41, 5.74) is 1.28. The van der Waals surface area contributed by atoms with E-state index in [2.05, 4.69) is 14.9 Å². The number of aliphatic hydroxyl groups is 1. The second-order valence-corrected chi connectivity index (χ2v) is 12.0. The van der Waals surface area contributed by atoms with Crippen LogP contribution in [0.25, 0.3) is 32.9 Å². The van der Waals surface area contributed by atoms with Gasteiger partial charge in [-0.1, -0.05) is 25.1 Å². The zero-order valence-corrected chi connectivity index (χ0v) is 23.7. The maximum atomic E-state index is 16.6. The first-order valence-electron chi connectivity index (χ1n) is 14.9. The summed E-state index contributed by atoms with van der Waals surface area (Å²) in [7, 11) is 0. The molecule has 2 aromatic carbocycles. The molecule has 42 heavy (non-hydrogen) atoms. The monoisotopic (exact) mass is 575 g/mol. The van der Waals surface area contributed by atoms with E-state index >= 15 is 4.39 Å². The molecule has 220 valence electrons. The number of fused-ring (bicyclic) bond motifs is 3. The number of aromatic hydroxyl groups is 1. The van der Waals surface area contributed by atoms with Crippen molar-refractivity contribution in [3.63, 3.8) is 0 Å². The van der Waals surface area contributed by atoms with E-state index in [4.69, 9.17) is 9.72 Å². The Labute approximate surface area is 243 Å². The SMILES string of the molecule is CCc1cccc2cc(O)cc(-c3ncc4c(N5CCC(O)CC5)nc(OC[C@@]56CCCN5CC(F)C6)nc4c3F)c12. The maximum Gasteiger partial charge on any atom is 0.319 e. The number of aromatic nitrogens is 3. The molecule has 1 unspecified atom stereocenters. The van der Waals surface area contributed by atoms with Gasteiger partial charge in [0.1, 0.15) is 35.6 Å². The minimum absolute atomic E-state index is 0.0226. The largest absolute Gasteiger partial charge is 0.508 e. The molecule has 0 aliphatic carbocycles. The molecule has 2 N–H and O–H groups in total. The number of benzene rings is 2. The Bertz CT molecular complexity index is 1660. The first kappa shape index (κ1) is 27.2. The number of nitrogens with zero attached hydrogens (tertiary/aromatic N) is 5. The van der Waals surface area contributed by atoms with E-state index < -0.39 is 17.5 Å². The van der Waals surface area contributed by atoms with Crippen LogP contribution in [-0.4, -0.2) is 80.7 Å². The highest BCUT2D eigenvalue weighted by atomic mass is 19.1. The molecule has 0 amide bonds. The number of rotatable bonds is 6. The van der Waals surface area contributed by atoms with E-state index in [0.29, 0.717) is 55.7 Å². The molecule has 3 aliphatic rings. The number of pyridine rings is 1. The maximum absolute atomic E-state index is 16.6. The van der Waals surface area contributed by atoms with Gasteiger partial charge < -0.3 is 19.8 Å². The summed E-state index contributed by atoms with van der Waals surface area (Å²) < 4.78 is 37.2. The number of hydrogen-bond donors (Lipinski definition) is 2. The number of anilines is 1. The van der Waals surface area contributed by atoms with Crippen LogP contribution in [0.15, 0.2) is 36.5 Å². The lowest BCUT2D eigenvalue weighted by molar-refractivity contribution is 0.107. The molecule has 0 saturated carbocycles. The molecular formula is C32H35F2N5O3. The van der Waals surface area contributed by atoms with E-state index in [1.54, 1.807) is 18.3 Å². The number of phenols is 1. The number of piperidine rings is 1. The van der Waals surface area contributed by atoms with Crippen molar-refractivity contribution < 1.29 is 23.7 Å². The average Bonchev–Trinajstić information content (AvgIpc) is 3.51. The highest BCUT2D eigenvalue weighted by Crippen LogP contribution is 2.41. The Morgan fingerprint density at radius 3 is 2.79 bits per heavy atom. The van der Waals surface area contributed by atoms with Gasteiger partial charge in [-0.3, -0.25) is 9.88 Å². The third-order valence-electron chi connectivity index (χ3n) is 9.32. The minimum atomic E-state index is -0.891. The highest BCUT2D eigenvalue weighted by Gasteiger charge is 2.49. The fraction of sp³-hybridized carbons (Fsp3) is 0.469. The molecule has 0 spiro atoms. The average molecular weight is 576 g/mol. The van der Waals surface area contributed by atoms with Crippen molar-refractivity contribution in [1.82, 2.24) is 19.9 Å². The molecule has 8 nitrogen and oxygen atoms in total. The van der Waals surface area contributed by atoms with Crippen LogP contribution < -0.4 is 9.64 Å². The summed E-state index contributed by atoms with van der Waals surface area (Å²) in [5.74, 6) is -0.0962. The van der Waals surface area contributed by atoms with Gasteiger partial charge in [-0.25, -0.2) is 8.78 Å². The van der Waals surface area contributed by atoms with Gasteiger partial charge in [-0.15, -0.1) is 0 Å². The van der Waals surface area contributed by atoms with Crippen LogP contribution in [0.4, 0.5) is 14.6 Å². The molecule has 3 saturated heterocycles. The third kappa shape index (κ3) is 4.61. The van der Waals surface area contributed by atoms with Crippen LogP contribution in [0.3, 0.4) is 0 Å². The zero-order valence-electron chi connectivity index (χ0n) is 23.7. The van der Waals surface area contributed by atoms with E-state index in [9.17, 15) is 14.6 Å². The number of halogens is 2. The molecule has 2 atom stereocenters. The first-order valence-corrected chi connectivity index (χ1v) is 14.9. The van der Waals surface area contributed by atoms with Crippen molar-refractivity contribution in [1.29, 1.82) is 0 Å². The Morgan fingerprint density at radius 1 is 1.14 bits per heavy atom. The number of hydrogen-bond acceptors (Lipinski definition) is 8. The van der Waals surface area contributed by atoms with Crippen molar-refractivity contribution >= 4 is 27.5 Å². The first-order chi connectivity index (χ1) is 20.3. The van der Waals surface area contributed by atoms with E-state index in [1.165, 1.54) is 0 Å². The second-order valence-electron chi connectivity index (χ2n) is 12.0. The van der Waals surface area contributed by atoms with Gasteiger partial charge in [-0.2, -0.15) is 9.97 Å². The summed E-state index contributed by atoms with van der Waals surface area (Å²) in [5, 5.41) is 22.7. The predicted octanol–water partition coefficient (Wildman–Crippen LogP) is 5.17. The van der Waals surface area contributed by atoms with Crippen molar-refractivity contribution in [2.75, 3.05) is 37.7 Å². The summed E-state index contributed by atoms with van der Waals surface area (Å²) >= 11 is 0. The number of aliphatic hydroxyl groups excluding tert-OH is 1. The van der Waals surface area contributed by atoms with Crippen LogP contribution in [0.1, 0.15) is 44.6 Å². The van der Waals surface area contributed by atoms with Crippen LogP contribution in [-0.2, 0) is 6.42 Å². The third-order valence-corrected chi connectivity index (χ3v) is 9.32. The van der Waals surface area contributed by atoms with E-state index in [1.807, 2.05) is 30.0 Å². The number of alkyl halides is 1. The molecule has 3 fully saturated rings. The van der Waals surface area contributed by atoms with Crippen molar-refractivity contribution in [2.45, 2.75) is 63.3 Å². The molecule has 2 aromatic heterocycles. The summed E-state index contributed by atoms with van der Waals surface area (Å²) in [6.07, 6.45) is 4.41. The van der Waals surface area contributed by atoms with Gasteiger partial charge in [-0.05, 0) is 67.1 Å². The van der Waals surface area contributed by atoms with Crippen LogP contribution >= 0.6 is 0 Å². The molecule has 5 heterocycles. The van der Waals surface area contributed by atoms with Gasteiger partial charge in [0, 0.05) is 37.8 Å². The predicted molar refractivity (Wildman–Crippen MR) is 157 cm³/mol. The van der Waals surface area contributed by atoms with Gasteiger partial charge in [0.2, 0.25) is 0 Å². The summed E-state index contributed by atoms with van der Waals surface area (Å²) in [4.78, 5) is 18.0. The Balaban J connectivity index is 1.36. The minimum Gasteiger partial charge on any atom is -0.508 e. The van der Waals surface area contributed by atoms with E-state index in [0.717, 1.165) is 42.1 Å². The standard InChI is InChI=1S/C32H35F2N5O3/c1-2-19-5-3-6-20-13-23(41)14-24(26(19)20)28-27(34)29-25(16-35-28)30(38-11-7-22(40)8-12-38)37-31(36-29)42-18-32-9-4-10-39(32)17-21(33)15-32/h3,5-6,13-14,16,21-22,40-41H,2,4,7-12,15,17-18H2,1H3/t21?,32-/m0/s1. The van der Waals surface area contributed by atoms with Gasteiger partial charge in [0.25, 0.3) is 0 Å². The second kappa shape index (κ2) is 10.6. The molecule has 10 heteroatoms. The molecule has 0 radical (unpaired) electrons. The molecular weight excluding hydrogens is 540 g/mol. The topological polar surface area (TPSA) is 94.8 Å². The number of aryl methyl sites for hydroxylation is 1. The zero-order chi connectivity index (χ0) is 29.0. The van der Waals surface area contributed by atoms with Crippen molar-refractivity contribution in [2.24, 2.45) is 0 Å². The Hall–Kier alpha value is -3.63. The van der Waals surface area contributed by atoms with E-state index in [-0.39, 0.29) is 35.7 Å². The fourth-order valence-corrected chi connectivity index (χ4v) is 7.21. The molecule has 0 bridgehead atoms. The number of ether oxygens (including phenoxy) is 1. The van der Waals surface area contributed by atoms with Gasteiger partial charge in [0.05, 0.1) is 17.0 Å². The van der Waals surface area contributed by atoms with Crippen LogP contribution in [0.2, 0.25) is 0 Å². The van der Waals surface area contributed by atoms with Crippen molar-refractivity contribution in [3.05, 3.63) is 47.9 Å². The summed E-state index contributed by atoms with van der Waals surface area (Å²) in [6, 6.07) is 9.07. The van der Waals surface area contributed by atoms with Crippen LogP contribution in [0, 0.1) is 5.82 Å². The van der Waals surface area contributed by atoms with Gasteiger partial charge >= 0.3 is 6.01 Å². The molecule has 4 aromatic rings. The highest BCUT2D eigenvalue weighted by molar-refractivity contribution is 6.01. The fourth-order valence-electron chi connectivity index (χ4n) is 7.21. The lowest BCUT2D eigenvalue weighted by atomic mass is 9.95. The summed E-state index contributed by atoms with van der Waals surface area (Å²) in [6.45, 7) is 4.61. The van der Waals surface area contributed by atoms with Crippen LogP contribution in [0.5, 0.6) is 11.8 Å². The quantitative estimate of drug-likeness (QED) is 0.325. The molecule has 7 rings (SSSR count). The Kier molecular flexibility index (Phi) is 6.85. The lowest BCUT2D eigenvalue weighted by Crippen LogP contribution is -2.43. The lowest BCUT2D eigenvalue weighted by Gasteiger charge is -2.32. The Morgan fingerprint density at radius 2 is 1.98 bits per heavy atom. The van der Waals surface area contributed by atoms with Gasteiger partial charge in [0.15, 0.2) is 5.82 Å².